The summed E-state index contributed by atoms with van der Waals surface area (Å²) in [5, 5.41) is 9.06. The first-order valence-corrected chi connectivity index (χ1v) is 3.22. The van der Waals surface area contributed by atoms with Crippen LogP contribution in [0, 0.1) is 0 Å². The van der Waals surface area contributed by atoms with Gasteiger partial charge in [-0.05, 0) is 11.6 Å². The van der Waals surface area contributed by atoms with Gasteiger partial charge in [0.1, 0.15) is 0 Å². The second-order valence-corrected chi connectivity index (χ2v) is 2.23. The molecule has 0 aliphatic rings. The van der Waals surface area contributed by atoms with Gasteiger partial charge in [0.05, 0.1) is 18.6 Å². The summed E-state index contributed by atoms with van der Waals surface area (Å²) < 4.78 is 4.81. The summed E-state index contributed by atoms with van der Waals surface area (Å²) in [6.45, 7) is 0.297. The number of aliphatic hydroxyl groups is 1. The maximum atomic E-state index is 9.06. The standard InChI is InChI=1S/C7H11NO2/c8-4-7(9)3-6-1-2-10-5-6/h1-2,5,7,9H,3-4,8H2. The third-order valence-electron chi connectivity index (χ3n) is 1.32. The van der Waals surface area contributed by atoms with Gasteiger partial charge in [-0.2, -0.15) is 0 Å². The van der Waals surface area contributed by atoms with Gasteiger partial charge in [0, 0.05) is 13.0 Å². The predicted molar refractivity (Wildman–Crippen MR) is 37.5 cm³/mol. The monoisotopic (exact) mass is 141 g/mol. The van der Waals surface area contributed by atoms with Crippen LogP contribution < -0.4 is 5.73 Å². The summed E-state index contributed by atoms with van der Waals surface area (Å²) in [5.41, 5.74) is 6.19. The second kappa shape index (κ2) is 3.39. The third-order valence-corrected chi connectivity index (χ3v) is 1.32. The third kappa shape index (κ3) is 1.86. The lowest BCUT2D eigenvalue weighted by atomic mass is 10.1. The first-order chi connectivity index (χ1) is 4.83. The van der Waals surface area contributed by atoms with Crippen LogP contribution in [0.1, 0.15) is 5.56 Å². The van der Waals surface area contributed by atoms with Crippen molar-refractivity contribution in [2.24, 2.45) is 5.73 Å². The van der Waals surface area contributed by atoms with E-state index in [9.17, 15) is 0 Å². The van der Waals surface area contributed by atoms with E-state index in [1.54, 1.807) is 12.5 Å². The van der Waals surface area contributed by atoms with Crippen molar-refractivity contribution in [2.75, 3.05) is 6.54 Å². The second-order valence-electron chi connectivity index (χ2n) is 2.23. The molecule has 0 amide bonds. The van der Waals surface area contributed by atoms with Crippen LogP contribution in [0.15, 0.2) is 23.0 Å². The minimum absolute atomic E-state index is 0.297. The van der Waals surface area contributed by atoms with Crippen LogP contribution in [0.3, 0.4) is 0 Å². The van der Waals surface area contributed by atoms with Gasteiger partial charge in [0.25, 0.3) is 0 Å². The van der Waals surface area contributed by atoms with Gasteiger partial charge >= 0.3 is 0 Å². The summed E-state index contributed by atoms with van der Waals surface area (Å²) in [4.78, 5) is 0. The molecule has 1 heterocycles. The van der Waals surface area contributed by atoms with E-state index in [1.165, 1.54) is 0 Å². The minimum atomic E-state index is -0.447. The number of aliphatic hydroxyl groups excluding tert-OH is 1. The van der Waals surface area contributed by atoms with E-state index in [-0.39, 0.29) is 0 Å². The number of hydrogen-bond acceptors (Lipinski definition) is 3. The Morgan fingerprint density at radius 3 is 3.00 bits per heavy atom. The van der Waals surface area contributed by atoms with Crippen LogP contribution in [0.2, 0.25) is 0 Å². The van der Waals surface area contributed by atoms with Crippen molar-refractivity contribution in [3.63, 3.8) is 0 Å². The van der Waals surface area contributed by atoms with Gasteiger partial charge in [-0.1, -0.05) is 0 Å². The predicted octanol–water partition coefficient (Wildman–Crippen LogP) is 0.142. The van der Waals surface area contributed by atoms with E-state index in [0.29, 0.717) is 13.0 Å². The fourth-order valence-electron chi connectivity index (χ4n) is 0.764. The molecule has 1 aromatic rings. The zero-order valence-electron chi connectivity index (χ0n) is 5.66. The molecule has 56 valence electrons. The molecule has 3 N–H and O–H groups in total. The van der Waals surface area contributed by atoms with Crippen LogP contribution in [-0.2, 0) is 6.42 Å². The van der Waals surface area contributed by atoms with Crippen molar-refractivity contribution in [2.45, 2.75) is 12.5 Å². The van der Waals surface area contributed by atoms with E-state index in [0.717, 1.165) is 5.56 Å². The van der Waals surface area contributed by atoms with Crippen LogP contribution in [0.5, 0.6) is 0 Å². The highest BCUT2D eigenvalue weighted by molar-refractivity contribution is 5.06. The van der Waals surface area contributed by atoms with E-state index in [2.05, 4.69) is 0 Å². The van der Waals surface area contributed by atoms with Crippen molar-refractivity contribution in [1.82, 2.24) is 0 Å². The van der Waals surface area contributed by atoms with E-state index in [1.807, 2.05) is 6.07 Å². The van der Waals surface area contributed by atoms with Crippen LogP contribution in [0.25, 0.3) is 0 Å². The lowest BCUT2D eigenvalue weighted by Gasteiger charge is -2.03. The molecule has 1 atom stereocenters. The summed E-state index contributed by atoms with van der Waals surface area (Å²) in [5.74, 6) is 0. The smallest absolute Gasteiger partial charge is 0.0935 e. The SMILES string of the molecule is NCC(O)Cc1ccoc1. The lowest BCUT2D eigenvalue weighted by Crippen LogP contribution is -2.21. The van der Waals surface area contributed by atoms with Crippen molar-refractivity contribution in [3.05, 3.63) is 24.2 Å². The lowest BCUT2D eigenvalue weighted by molar-refractivity contribution is 0.183. The largest absolute Gasteiger partial charge is 0.472 e. The Morgan fingerprint density at radius 2 is 2.50 bits per heavy atom. The highest BCUT2D eigenvalue weighted by Crippen LogP contribution is 2.02. The number of hydrogen-bond donors (Lipinski definition) is 2. The van der Waals surface area contributed by atoms with Crippen molar-refractivity contribution < 1.29 is 9.52 Å². The molecular weight excluding hydrogens is 130 g/mol. The highest BCUT2D eigenvalue weighted by Gasteiger charge is 2.02. The zero-order valence-corrected chi connectivity index (χ0v) is 5.66. The van der Waals surface area contributed by atoms with Crippen molar-refractivity contribution in [3.8, 4) is 0 Å². The fourth-order valence-corrected chi connectivity index (χ4v) is 0.764. The molecule has 0 saturated heterocycles. The molecule has 1 aromatic heterocycles. The molecule has 10 heavy (non-hydrogen) atoms. The zero-order chi connectivity index (χ0) is 7.40. The molecule has 1 rings (SSSR count). The highest BCUT2D eigenvalue weighted by atomic mass is 16.3. The maximum absolute atomic E-state index is 9.06. The minimum Gasteiger partial charge on any atom is -0.472 e. The topological polar surface area (TPSA) is 59.4 Å². The Hall–Kier alpha value is -0.800. The molecule has 1 unspecified atom stereocenters. The molecule has 0 saturated carbocycles. The summed E-state index contributed by atoms with van der Waals surface area (Å²) >= 11 is 0. The Morgan fingerprint density at radius 1 is 1.70 bits per heavy atom. The van der Waals surface area contributed by atoms with Gasteiger partial charge in [0.15, 0.2) is 0 Å². The van der Waals surface area contributed by atoms with Crippen LogP contribution >= 0.6 is 0 Å². The quantitative estimate of drug-likeness (QED) is 0.629. The Balaban J connectivity index is 2.40. The normalized spacial score (nSPS) is 13.4. The van der Waals surface area contributed by atoms with Gasteiger partial charge in [-0.15, -0.1) is 0 Å². The molecule has 0 spiro atoms. The van der Waals surface area contributed by atoms with E-state index >= 15 is 0 Å². The van der Waals surface area contributed by atoms with Crippen molar-refractivity contribution in [1.29, 1.82) is 0 Å². The van der Waals surface area contributed by atoms with E-state index in [4.69, 9.17) is 15.3 Å². The fraction of sp³-hybridized carbons (Fsp3) is 0.429. The van der Waals surface area contributed by atoms with Gasteiger partial charge in [-0.25, -0.2) is 0 Å². The molecular formula is C7H11NO2. The van der Waals surface area contributed by atoms with Gasteiger partial charge < -0.3 is 15.3 Å². The van der Waals surface area contributed by atoms with Gasteiger partial charge in [0.2, 0.25) is 0 Å². The Labute approximate surface area is 59.5 Å². The van der Waals surface area contributed by atoms with Crippen LogP contribution in [0.4, 0.5) is 0 Å². The first kappa shape index (κ1) is 7.31. The Bertz CT molecular complexity index is 172. The number of nitrogens with two attached hydrogens (primary N) is 1. The van der Waals surface area contributed by atoms with Gasteiger partial charge in [-0.3, -0.25) is 0 Å². The molecule has 0 aliphatic carbocycles. The average molecular weight is 141 g/mol. The average Bonchev–Trinajstić information content (AvgIpc) is 2.40. The molecule has 3 heteroatoms. The van der Waals surface area contributed by atoms with E-state index < -0.39 is 6.10 Å². The number of rotatable bonds is 3. The van der Waals surface area contributed by atoms with Crippen LogP contribution in [-0.4, -0.2) is 17.8 Å². The molecule has 0 aliphatic heterocycles. The number of furan rings is 1. The Kier molecular flexibility index (Phi) is 2.48. The summed E-state index contributed by atoms with van der Waals surface area (Å²) in [6, 6.07) is 1.82. The molecule has 0 aromatic carbocycles. The molecule has 3 nitrogen and oxygen atoms in total. The first-order valence-electron chi connectivity index (χ1n) is 3.22. The summed E-state index contributed by atoms with van der Waals surface area (Å²) in [6.07, 6.45) is 3.32. The van der Waals surface area contributed by atoms with Crippen molar-refractivity contribution >= 4 is 0 Å². The molecule has 0 fully saturated rings. The summed E-state index contributed by atoms with van der Waals surface area (Å²) in [7, 11) is 0. The molecule has 0 bridgehead atoms. The maximum Gasteiger partial charge on any atom is 0.0935 e. The molecule has 0 radical (unpaired) electrons.